The van der Waals surface area contributed by atoms with E-state index in [1.165, 1.54) is 33.9 Å². The van der Waals surface area contributed by atoms with Gasteiger partial charge in [0.25, 0.3) is 0 Å². The highest BCUT2D eigenvalue weighted by Gasteiger charge is 2.47. The molecule has 0 fully saturated rings. The molecule has 0 N–H and O–H groups in total. The first kappa shape index (κ1) is 31.5. The van der Waals surface area contributed by atoms with Gasteiger partial charge in [0.05, 0.1) is 5.41 Å². The van der Waals surface area contributed by atoms with Crippen LogP contribution in [0.15, 0.2) is 96.8 Å². The third-order valence-electron chi connectivity index (χ3n) is 8.63. The van der Waals surface area contributed by atoms with Gasteiger partial charge in [-0.3, -0.25) is 0 Å². The van der Waals surface area contributed by atoms with Crippen molar-refractivity contribution in [2.24, 2.45) is 0 Å². The molecule has 0 atom stereocenters. The molecule has 0 saturated carbocycles. The molecular weight excluding hydrogens is 524 g/mol. The number of fused-ring (bicyclic) bond motifs is 2. The van der Waals surface area contributed by atoms with Crippen LogP contribution in [-0.2, 0) is 10.8 Å². The lowest BCUT2D eigenvalue weighted by Crippen LogP contribution is -2.68. The van der Waals surface area contributed by atoms with Gasteiger partial charge in [0.1, 0.15) is 7.05 Å². The van der Waals surface area contributed by atoms with Crippen LogP contribution in [0.3, 0.4) is 0 Å². The second-order valence-corrected chi connectivity index (χ2v) is 10.9. The summed E-state index contributed by atoms with van der Waals surface area (Å²) in [6.07, 6.45) is 19.8. The predicted molar refractivity (Wildman–Crippen MR) is 152 cm³/mol. The number of hydrogen-bond donors (Lipinski definition) is 0. The molecule has 2 aliphatic heterocycles. The SMILES string of the molecule is CCC1(CC)C(/C=C/C=C/C=C/C=C2\N(C)c3ccccc3C2(CC)CC)=[N+](C)c2ccccc21.[O-][Cl+3]([O-])([O-])[O-]. The average molecular weight is 565 g/mol. The van der Waals surface area contributed by atoms with Gasteiger partial charge in [0.15, 0.2) is 5.71 Å². The molecule has 2 aromatic carbocycles. The summed E-state index contributed by atoms with van der Waals surface area (Å²) in [7, 11) is -0.545. The summed E-state index contributed by atoms with van der Waals surface area (Å²) in [6.45, 7) is 9.24. The summed E-state index contributed by atoms with van der Waals surface area (Å²) < 4.78 is 36.3. The summed E-state index contributed by atoms with van der Waals surface area (Å²) >= 11 is 0. The third-order valence-corrected chi connectivity index (χ3v) is 8.63. The molecule has 2 heterocycles. The van der Waals surface area contributed by atoms with E-state index in [0.29, 0.717) is 0 Å². The molecule has 0 amide bonds. The van der Waals surface area contributed by atoms with Crippen molar-refractivity contribution in [1.82, 2.24) is 0 Å². The van der Waals surface area contributed by atoms with Crippen molar-refractivity contribution in [2.75, 3.05) is 19.0 Å². The maximum absolute atomic E-state index is 8.49. The highest BCUT2D eigenvalue weighted by atomic mass is 35.7. The number of allylic oxidation sites excluding steroid dienone is 8. The van der Waals surface area contributed by atoms with Crippen molar-refractivity contribution < 1.29 is 33.5 Å². The highest BCUT2D eigenvalue weighted by Crippen LogP contribution is 2.51. The van der Waals surface area contributed by atoms with E-state index in [1.54, 1.807) is 0 Å². The molecule has 40 heavy (non-hydrogen) atoms. The van der Waals surface area contributed by atoms with Crippen molar-refractivity contribution in [3.8, 4) is 0 Å². The van der Waals surface area contributed by atoms with Crippen LogP contribution in [0.4, 0.5) is 11.4 Å². The van der Waals surface area contributed by atoms with Gasteiger partial charge in [-0.25, -0.2) is 18.6 Å². The van der Waals surface area contributed by atoms with Crippen LogP contribution in [0.1, 0.15) is 64.5 Å². The van der Waals surface area contributed by atoms with Crippen molar-refractivity contribution in [2.45, 2.75) is 64.2 Å². The van der Waals surface area contributed by atoms with Crippen molar-refractivity contribution >= 4 is 17.1 Å². The minimum absolute atomic E-state index is 0.0988. The minimum Gasteiger partial charge on any atom is -0.347 e. The Morgan fingerprint density at radius 1 is 0.725 bits per heavy atom. The lowest BCUT2D eigenvalue weighted by Gasteiger charge is -2.30. The first-order chi connectivity index (χ1) is 19.0. The van der Waals surface area contributed by atoms with Gasteiger partial charge < -0.3 is 4.90 Å². The second kappa shape index (κ2) is 13.1. The smallest absolute Gasteiger partial charge is 0.209 e. The average Bonchev–Trinajstić information content (AvgIpc) is 3.33. The maximum atomic E-state index is 8.49. The Labute approximate surface area is 241 Å². The van der Waals surface area contributed by atoms with Crippen LogP contribution in [0.5, 0.6) is 0 Å². The molecule has 214 valence electrons. The van der Waals surface area contributed by atoms with Gasteiger partial charge in [-0.15, -0.1) is 10.2 Å². The fourth-order valence-electron chi connectivity index (χ4n) is 6.53. The van der Waals surface area contributed by atoms with E-state index < -0.39 is 10.2 Å². The number of benzene rings is 2. The van der Waals surface area contributed by atoms with E-state index in [0.717, 1.165) is 25.7 Å². The topological polar surface area (TPSA) is 98.5 Å². The fourth-order valence-corrected chi connectivity index (χ4v) is 6.53. The molecule has 2 aliphatic rings. The Balaban J connectivity index is 0.000000810. The zero-order valence-corrected chi connectivity index (χ0v) is 25.1. The molecule has 6 nitrogen and oxygen atoms in total. The standard InChI is InChI=1S/C33H41N2.ClHO4/c1-7-32(8-2)26-20-16-18-22-28(26)34(5)30(32)24-14-12-11-13-15-25-31-33(9-3,10-4)27-21-17-19-23-29(27)35(31)6;2-1(3,4)5/h11-25H,7-10H2,1-6H3;(H,2,3,4,5)/q+1;/p-1. The van der Waals surface area contributed by atoms with Gasteiger partial charge in [-0.2, -0.15) is 4.58 Å². The number of hydrogen-bond acceptors (Lipinski definition) is 5. The van der Waals surface area contributed by atoms with Crippen LogP contribution >= 0.6 is 0 Å². The van der Waals surface area contributed by atoms with Gasteiger partial charge >= 0.3 is 0 Å². The van der Waals surface area contributed by atoms with Crippen molar-refractivity contribution in [3.63, 3.8) is 0 Å². The number of para-hydroxylation sites is 2. The van der Waals surface area contributed by atoms with Crippen LogP contribution < -0.4 is 23.5 Å². The van der Waals surface area contributed by atoms with Crippen molar-refractivity contribution in [3.05, 3.63) is 108 Å². The first-order valence-corrected chi connectivity index (χ1v) is 15.1. The molecule has 0 unspecified atom stereocenters. The summed E-state index contributed by atoms with van der Waals surface area (Å²) in [5, 5.41) is 0. The first-order valence-electron chi connectivity index (χ1n) is 13.9. The van der Waals surface area contributed by atoms with E-state index in [4.69, 9.17) is 18.6 Å². The molecule has 0 aromatic heterocycles. The molecule has 0 radical (unpaired) electrons. The number of anilines is 1. The molecule has 0 spiro atoms. The van der Waals surface area contributed by atoms with E-state index in [9.17, 15) is 0 Å². The Kier molecular flexibility index (Phi) is 10.3. The number of likely N-dealkylation sites (N-methyl/N-ethyl adjacent to an activating group) is 1. The predicted octanol–water partition coefficient (Wildman–Crippen LogP) is 3.48. The fraction of sp³-hybridized carbons (Fsp3) is 0.364. The molecule has 4 rings (SSSR count). The van der Waals surface area contributed by atoms with Crippen LogP contribution in [0.25, 0.3) is 0 Å². The van der Waals surface area contributed by atoms with E-state index in [1.807, 2.05) is 0 Å². The van der Waals surface area contributed by atoms with E-state index in [2.05, 4.69) is 142 Å². The summed E-state index contributed by atoms with van der Waals surface area (Å²) in [4.78, 5) is 2.37. The monoisotopic (exact) mass is 564 g/mol. The van der Waals surface area contributed by atoms with Gasteiger partial charge in [0.2, 0.25) is 5.69 Å². The number of rotatable bonds is 8. The largest absolute Gasteiger partial charge is 0.347 e. The number of halogens is 1. The Morgan fingerprint density at radius 2 is 1.23 bits per heavy atom. The summed E-state index contributed by atoms with van der Waals surface area (Å²) in [5.74, 6) is 0. The molecule has 2 aromatic rings. The van der Waals surface area contributed by atoms with Gasteiger partial charge in [-0.1, -0.05) is 94.5 Å². The molecule has 0 bridgehead atoms. The quantitative estimate of drug-likeness (QED) is 0.361. The molecule has 7 heteroatoms. The van der Waals surface area contributed by atoms with Gasteiger partial charge in [-0.05, 0) is 43.4 Å². The zero-order valence-electron chi connectivity index (χ0n) is 24.4. The Bertz CT molecular complexity index is 1320. The highest BCUT2D eigenvalue weighted by molar-refractivity contribution is 6.03. The van der Waals surface area contributed by atoms with Gasteiger partial charge in [0, 0.05) is 41.6 Å². The molecule has 0 saturated heterocycles. The lowest BCUT2D eigenvalue weighted by atomic mass is 9.73. The normalized spacial score (nSPS) is 18.6. The summed E-state index contributed by atoms with van der Waals surface area (Å²) in [5.41, 5.74) is 8.57. The maximum Gasteiger partial charge on any atom is 0.209 e. The third kappa shape index (κ3) is 6.17. The number of nitrogens with zero attached hydrogens (tertiary/aromatic N) is 2. The summed E-state index contributed by atoms with van der Waals surface area (Å²) in [6, 6.07) is 17.7. The molecular formula is C33H41ClN2O4. The minimum atomic E-state index is -4.94. The van der Waals surface area contributed by atoms with E-state index in [-0.39, 0.29) is 10.8 Å². The lowest BCUT2D eigenvalue weighted by molar-refractivity contribution is -2.00. The van der Waals surface area contributed by atoms with Crippen LogP contribution in [0, 0.1) is 10.2 Å². The van der Waals surface area contributed by atoms with Crippen LogP contribution in [0.2, 0.25) is 0 Å². The zero-order chi connectivity index (χ0) is 29.6. The Hall–Kier alpha value is -3.00. The van der Waals surface area contributed by atoms with Crippen molar-refractivity contribution in [1.29, 1.82) is 0 Å². The molecule has 0 aliphatic carbocycles. The Morgan fingerprint density at radius 3 is 1.82 bits per heavy atom. The van der Waals surface area contributed by atoms with Crippen LogP contribution in [-0.4, -0.2) is 24.4 Å². The second-order valence-electron chi connectivity index (χ2n) is 10.2. The van der Waals surface area contributed by atoms with E-state index >= 15 is 0 Å².